The van der Waals surface area contributed by atoms with E-state index in [0.29, 0.717) is 46.2 Å². The van der Waals surface area contributed by atoms with Crippen LogP contribution in [0.5, 0.6) is 17.2 Å². The van der Waals surface area contributed by atoms with Crippen molar-refractivity contribution in [2.24, 2.45) is 11.8 Å². The highest BCUT2D eigenvalue weighted by atomic mass is 35.5. The first-order valence-electron chi connectivity index (χ1n) is 16.7. The van der Waals surface area contributed by atoms with Crippen molar-refractivity contribution in [3.63, 3.8) is 0 Å². The predicted octanol–water partition coefficient (Wildman–Crippen LogP) is 7.67. The van der Waals surface area contributed by atoms with Crippen LogP contribution in [0.25, 0.3) is 0 Å². The Labute approximate surface area is 301 Å². The van der Waals surface area contributed by atoms with Crippen LogP contribution in [-0.2, 0) is 0 Å². The van der Waals surface area contributed by atoms with Gasteiger partial charge in [-0.05, 0) is 85.3 Å². The Bertz CT molecular complexity index is 1970. The molecular weight excluding hydrogens is 673 g/mol. The maximum atomic E-state index is 14.5. The number of hydrogen-bond acceptors (Lipinski definition) is 12. The molecule has 4 heterocycles. The Hall–Kier alpha value is -5.56. The van der Waals surface area contributed by atoms with Crippen molar-refractivity contribution in [3.8, 4) is 17.2 Å². The topological polar surface area (TPSA) is 122 Å². The third kappa shape index (κ3) is 8.09. The lowest BCUT2D eigenvalue weighted by atomic mass is 9.91. The van der Waals surface area contributed by atoms with Gasteiger partial charge in [-0.25, -0.2) is 9.37 Å². The van der Waals surface area contributed by atoms with Gasteiger partial charge in [-0.2, -0.15) is 15.0 Å². The van der Waals surface area contributed by atoms with Gasteiger partial charge < -0.3 is 40.0 Å². The molecule has 2 saturated heterocycles. The second-order valence-electron chi connectivity index (χ2n) is 12.5. The van der Waals surface area contributed by atoms with E-state index in [1.54, 1.807) is 32.4 Å². The van der Waals surface area contributed by atoms with Crippen LogP contribution < -0.4 is 40.0 Å². The minimum Gasteiger partial charge on any atom is -0.497 e. The van der Waals surface area contributed by atoms with E-state index in [2.05, 4.69) is 30.7 Å². The molecule has 3 aromatic carbocycles. The van der Waals surface area contributed by atoms with Gasteiger partial charge in [0.05, 0.1) is 21.3 Å². The molecule has 2 atom stereocenters. The standard InChI is InChI=1S/C37H39ClFN9O3/c1-49-28-9-4-25(5-10-28)40-33-19-32(38)43-37(45-33)48-17-15-24(22-48)23-14-16-47(21-23)35-20-34(41-27-8-13-31(51-3)30(39)18-27)44-36(46-35)42-26-6-11-29(50-2)12-7-26/h4-13,18-20,23-24H,14-17,21-22H2,1-3H3,(H,40,43,45)(H2,41,42,44,46). The van der Waals surface area contributed by atoms with Crippen molar-refractivity contribution in [3.05, 3.63) is 89.8 Å². The number of ether oxygens (including phenoxy) is 3. The summed E-state index contributed by atoms with van der Waals surface area (Å²) in [5, 5.41) is 10.3. The molecule has 0 spiro atoms. The van der Waals surface area contributed by atoms with Gasteiger partial charge in [0.15, 0.2) is 11.6 Å². The van der Waals surface area contributed by atoms with Crippen molar-refractivity contribution in [1.29, 1.82) is 0 Å². The fourth-order valence-electron chi connectivity index (χ4n) is 6.58. The lowest BCUT2D eigenvalue weighted by molar-refractivity contribution is 0.386. The highest BCUT2D eigenvalue weighted by Gasteiger charge is 2.36. The number of halogens is 2. The van der Waals surface area contributed by atoms with E-state index in [-0.39, 0.29) is 5.75 Å². The first-order chi connectivity index (χ1) is 24.8. The van der Waals surface area contributed by atoms with Crippen LogP contribution in [0.4, 0.5) is 50.8 Å². The molecule has 12 nitrogen and oxygen atoms in total. The number of anilines is 8. The van der Waals surface area contributed by atoms with Crippen LogP contribution in [0.3, 0.4) is 0 Å². The Morgan fingerprint density at radius 2 is 1.24 bits per heavy atom. The van der Waals surface area contributed by atoms with E-state index in [4.69, 9.17) is 40.8 Å². The van der Waals surface area contributed by atoms with Gasteiger partial charge in [-0.15, -0.1) is 0 Å². The van der Waals surface area contributed by atoms with Crippen molar-refractivity contribution in [2.75, 3.05) is 73.3 Å². The first kappa shape index (κ1) is 33.9. The maximum Gasteiger partial charge on any atom is 0.231 e. The van der Waals surface area contributed by atoms with Crippen LogP contribution in [0.15, 0.2) is 78.9 Å². The Morgan fingerprint density at radius 1 is 0.647 bits per heavy atom. The summed E-state index contributed by atoms with van der Waals surface area (Å²) in [6, 6.07) is 23.5. The number of nitrogens with one attached hydrogen (secondary N) is 3. The highest BCUT2D eigenvalue weighted by Crippen LogP contribution is 2.36. The van der Waals surface area contributed by atoms with Gasteiger partial charge in [0.1, 0.15) is 34.1 Å². The molecule has 3 N–H and O–H groups in total. The fourth-order valence-corrected chi connectivity index (χ4v) is 6.76. The molecule has 0 bridgehead atoms. The van der Waals surface area contributed by atoms with Gasteiger partial charge in [0.25, 0.3) is 0 Å². The fraction of sp³-hybridized carbons (Fsp3) is 0.297. The smallest absolute Gasteiger partial charge is 0.231 e. The molecule has 2 aromatic heterocycles. The molecule has 2 fully saturated rings. The van der Waals surface area contributed by atoms with Crippen LogP contribution in [-0.4, -0.2) is 67.4 Å². The van der Waals surface area contributed by atoms with Crippen molar-refractivity contribution >= 4 is 58.0 Å². The Balaban J connectivity index is 1.05. The SMILES string of the molecule is COc1ccc(Nc2cc(Cl)nc(N3CCC(C4CCN(c5cc(Nc6ccc(OC)c(F)c6)nc(Nc6ccc(OC)cc6)n5)C4)C3)n2)cc1. The van der Waals surface area contributed by atoms with E-state index in [1.807, 2.05) is 54.6 Å². The normalized spacial score (nSPS) is 17.0. The van der Waals surface area contributed by atoms with Crippen LogP contribution in [0, 0.1) is 17.7 Å². The summed E-state index contributed by atoms with van der Waals surface area (Å²) in [5.74, 6) is 5.13. The second kappa shape index (κ2) is 15.1. The molecule has 51 heavy (non-hydrogen) atoms. The number of aromatic nitrogens is 4. The number of hydrogen-bond donors (Lipinski definition) is 3. The molecule has 0 saturated carbocycles. The van der Waals surface area contributed by atoms with Crippen molar-refractivity contribution < 1.29 is 18.6 Å². The molecule has 0 radical (unpaired) electrons. The van der Waals surface area contributed by atoms with Gasteiger partial charge in [-0.1, -0.05) is 11.6 Å². The van der Waals surface area contributed by atoms with Crippen LogP contribution in [0.2, 0.25) is 5.15 Å². The zero-order chi connectivity index (χ0) is 35.3. The number of methoxy groups -OCH3 is 3. The van der Waals surface area contributed by atoms with E-state index in [9.17, 15) is 4.39 Å². The zero-order valence-corrected chi connectivity index (χ0v) is 29.3. The molecule has 14 heteroatoms. The summed E-state index contributed by atoms with van der Waals surface area (Å²) in [7, 11) is 4.71. The molecule has 5 aromatic rings. The summed E-state index contributed by atoms with van der Waals surface area (Å²) in [5.41, 5.74) is 2.23. The van der Waals surface area contributed by atoms with Gasteiger partial charge >= 0.3 is 0 Å². The number of rotatable bonds is 12. The molecule has 2 aliphatic rings. The van der Waals surface area contributed by atoms with Gasteiger partial charge in [0.2, 0.25) is 11.9 Å². The lowest BCUT2D eigenvalue weighted by Crippen LogP contribution is -2.27. The zero-order valence-electron chi connectivity index (χ0n) is 28.6. The quantitative estimate of drug-likeness (QED) is 0.110. The molecule has 264 valence electrons. The Kier molecular flexibility index (Phi) is 10.1. The number of benzene rings is 3. The molecule has 0 aliphatic carbocycles. The maximum absolute atomic E-state index is 14.5. The van der Waals surface area contributed by atoms with Crippen LogP contribution >= 0.6 is 11.6 Å². The minimum atomic E-state index is -0.464. The molecule has 2 unspecified atom stereocenters. The lowest BCUT2D eigenvalue weighted by Gasteiger charge is -2.22. The predicted molar refractivity (Wildman–Crippen MR) is 199 cm³/mol. The van der Waals surface area contributed by atoms with E-state index >= 15 is 0 Å². The highest BCUT2D eigenvalue weighted by molar-refractivity contribution is 6.29. The summed E-state index contributed by atoms with van der Waals surface area (Å²) in [6.07, 6.45) is 2.05. The molecule has 7 rings (SSSR count). The van der Waals surface area contributed by atoms with Gasteiger partial charge in [-0.3, -0.25) is 0 Å². The van der Waals surface area contributed by atoms with Gasteiger partial charge in [0, 0.05) is 61.4 Å². The molecule has 0 amide bonds. The average molecular weight is 712 g/mol. The summed E-state index contributed by atoms with van der Waals surface area (Å²) in [6.45, 7) is 3.37. The van der Waals surface area contributed by atoms with Crippen molar-refractivity contribution in [1.82, 2.24) is 19.9 Å². The Morgan fingerprint density at radius 3 is 1.88 bits per heavy atom. The second-order valence-corrected chi connectivity index (χ2v) is 12.9. The third-order valence-corrected chi connectivity index (χ3v) is 9.45. The first-order valence-corrected chi connectivity index (χ1v) is 17.1. The minimum absolute atomic E-state index is 0.173. The van der Waals surface area contributed by atoms with E-state index in [1.165, 1.54) is 13.2 Å². The third-order valence-electron chi connectivity index (χ3n) is 9.25. The van der Waals surface area contributed by atoms with E-state index < -0.39 is 5.82 Å². The average Bonchev–Trinajstić information content (AvgIpc) is 3.83. The monoisotopic (exact) mass is 711 g/mol. The largest absolute Gasteiger partial charge is 0.497 e. The van der Waals surface area contributed by atoms with Crippen LogP contribution in [0.1, 0.15) is 12.8 Å². The summed E-state index contributed by atoms with van der Waals surface area (Å²) < 4.78 is 30.2. The number of nitrogens with zero attached hydrogens (tertiary/aromatic N) is 6. The molecular formula is C37H39ClFN9O3. The summed E-state index contributed by atoms with van der Waals surface area (Å²) >= 11 is 6.46. The molecule has 2 aliphatic heterocycles. The van der Waals surface area contributed by atoms with E-state index in [0.717, 1.165) is 67.7 Å². The summed E-state index contributed by atoms with van der Waals surface area (Å²) in [4.78, 5) is 23.5. The van der Waals surface area contributed by atoms with Crippen molar-refractivity contribution in [2.45, 2.75) is 12.8 Å².